The third kappa shape index (κ3) is 16.7. The molecule has 0 fully saturated rings. The van der Waals surface area contributed by atoms with Crippen LogP contribution in [0.3, 0.4) is 0 Å². The molecule has 0 radical (unpaired) electrons. The minimum atomic E-state index is -0.677. The Hall–Kier alpha value is -1.31. The van der Waals surface area contributed by atoms with Gasteiger partial charge in [0.15, 0.2) is 0 Å². The highest BCUT2D eigenvalue weighted by Gasteiger charge is 1.95. The molecule has 0 unspecified atom stereocenters. The van der Waals surface area contributed by atoms with Crippen LogP contribution in [-0.4, -0.2) is 11.1 Å². The van der Waals surface area contributed by atoms with E-state index in [0.29, 0.717) is 6.42 Å². The summed E-state index contributed by atoms with van der Waals surface area (Å²) in [6.07, 6.45) is 23.3. The third-order valence-corrected chi connectivity index (χ3v) is 3.09. The Labute approximate surface area is 124 Å². The first-order valence-electron chi connectivity index (χ1n) is 7.97. The number of aliphatic carboxylic acids is 1. The predicted molar refractivity (Wildman–Crippen MR) is 86.9 cm³/mol. The van der Waals surface area contributed by atoms with Gasteiger partial charge in [0.2, 0.25) is 0 Å². The number of hydrogen-bond donors (Lipinski definition) is 1. The van der Waals surface area contributed by atoms with Crippen LogP contribution >= 0.6 is 0 Å². The van der Waals surface area contributed by atoms with Crippen molar-refractivity contribution in [1.82, 2.24) is 0 Å². The number of allylic oxidation sites excluding steroid dienone is 6. The van der Waals surface area contributed by atoms with Crippen molar-refractivity contribution in [2.45, 2.75) is 71.1 Å². The van der Waals surface area contributed by atoms with E-state index in [2.05, 4.69) is 43.4 Å². The highest BCUT2D eigenvalue weighted by atomic mass is 16.4. The molecule has 20 heavy (non-hydrogen) atoms. The molecule has 0 saturated heterocycles. The summed E-state index contributed by atoms with van der Waals surface area (Å²) in [5, 5.41) is 8.50. The minimum absolute atomic E-state index is 0.316. The Morgan fingerprint density at radius 3 is 1.95 bits per heavy atom. The molecule has 114 valence electrons. The van der Waals surface area contributed by atoms with E-state index in [0.717, 1.165) is 25.7 Å². The fourth-order valence-corrected chi connectivity index (χ4v) is 1.87. The molecule has 0 heterocycles. The van der Waals surface area contributed by atoms with E-state index in [-0.39, 0.29) is 0 Å². The average molecular weight is 278 g/mol. The van der Waals surface area contributed by atoms with Crippen LogP contribution in [0.5, 0.6) is 0 Å². The highest BCUT2D eigenvalue weighted by molar-refractivity contribution is 5.66. The van der Waals surface area contributed by atoms with Crippen LogP contribution in [0.1, 0.15) is 71.1 Å². The first-order valence-corrected chi connectivity index (χ1v) is 7.97. The zero-order chi connectivity index (χ0) is 14.9. The summed E-state index contributed by atoms with van der Waals surface area (Å²) in [5.41, 5.74) is 0. The van der Waals surface area contributed by atoms with Crippen molar-refractivity contribution in [3.8, 4) is 0 Å². The topological polar surface area (TPSA) is 37.3 Å². The largest absolute Gasteiger partial charge is 0.481 e. The second-order valence-electron chi connectivity index (χ2n) is 5.08. The number of rotatable bonds is 13. The van der Waals surface area contributed by atoms with Gasteiger partial charge < -0.3 is 5.11 Å². The predicted octanol–water partition coefficient (Wildman–Crippen LogP) is 5.66. The number of unbranched alkanes of at least 4 members (excludes halogenated alkanes) is 7. The minimum Gasteiger partial charge on any atom is -0.481 e. The molecule has 0 aliphatic rings. The molecule has 2 nitrogen and oxygen atoms in total. The second-order valence-corrected chi connectivity index (χ2v) is 5.08. The molecule has 0 aliphatic carbocycles. The Balaban J connectivity index is 3.29. The summed E-state index contributed by atoms with van der Waals surface area (Å²) in [6.45, 7) is 2.21. The van der Waals surface area contributed by atoms with Crippen molar-refractivity contribution in [3.05, 3.63) is 36.5 Å². The number of carboxylic acid groups (broad SMARTS) is 1. The standard InChI is InChI=1S/C18H30O2/c1-2-3-4-5-6-7-8-9-10-11-12-13-14-15-16-17-18(19)20/h5-10H,2-4,11-17H2,1H3,(H,19,20)/b6-5+,8-7-,10-9+. The van der Waals surface area contributed by atoms with Crippen molar-refractivity contribution < 1.29 is 9.90 Å². The van der Waals surface area contributed by atoms with Gasteiger partial charge in [-0.2, -0.15) is 0 Å². The van der Waals surface area contributed by atoms with Gasteiger partial charge in [-0.15, -0.1) is 0 Å². The van der Waals surface area contributed by atoms with E-state index in [1.54, 1.807) is 0 Å². The lowest BCUT2D eigenvalue weighted by Crippen LogP contribution is -1.93. The Morgan fingerprint density at radius 2 is 1.35 bits per heavy atom. The van der Waals surface area contributed by atoms with Crippen molar-refractivity contribution in [2.24, 2.45) is 0 Å². The van der Waals surface area contributed by atoms with Crippen LogP contribution in [0.4, 0.5) is 0 Å². The molecular formula is C18H30O2. The summed E-state index contributed by atoms with van der Waals surface area (Å²) in [5.74, 6) is -0.677. The van der Waals surface area contributed by atoms with Crippen LogP contribution < -0.4 is 0 Å². The highest BCUT2D eigenvalue weighted by Crippen LogP contribution is 2.07. The molecule has 0 bridgehead atoms. The Bertz CT molecular complexity index is 301. The molecule has 0 aromatic heterocycles. The molecule has 0 amide bonds. The zero-order valence-corrected chi connectivity index (χ0v) is 12.9. The fourth-order valence-electron chi connectivity index (χ4n) is 1.87. The van der Waals surface area contributed by atoms with Gasteiger partial charge in [-0.3, -0.25) is 4.79 Å². The van der Waals surface area contributed by atoms with Gasteiger partial charge in [0, 0.05) is 6.42 Å². The van der Waals surface area contributed by atoms with Crippen molar-refractivity contribution in [3.63, 3.8) is 0 Å². The van der Waals surface area contributed by atoms with Crippen LogP contribution in [-0.2, 0) is 4.79 Å². The lowest BCUT2D eigenvalue weighted by Gasteiger charge is -1.97. The lowest BCUT2D eigenvalue weighted by atomic mass is 10.1. The quantitative estimate of drug-likeness (QED) is 0.348. The van der Waals surface area contributed by atoms with Crippen LogP contribution in [0.25, 0.3) is 0 Å². The Kier molecular flexibility index (Phi) is 14.7. The lowest BCUT2D eigenvalue weighted by molar-refractivity contribution is -0.137. The fraction of sp³-hybridized carbons (Fsp3) is 0.611. The van der Waals surface area contributed by atoms with Crippen LogP contribution in [0.15, 0.2) is 36.5 Å². The van der Waals surface area contributed by atoms with Gasteiger partial charge in [-0.25, -0.2) is 0 Å². The molecule has 0 spiro atoms. The van der Waals surface area contributed by atoms with Gasteiger partial charge in [0.05, 0.1) is 0 Å². The molecule has 0 rings (SSSR count). The summed E-state index contributed by atoms with van der Waals surface area (Å²) in [6, 6.07) is 0. The molecule has 0 aromatic rings. The molecular weight excluding hydrogens is 248 g/mol. The first kappa shape index (κ1) is 18.7. The normalized spacial score (nSPS) is 12.1. The SMILES string of the molecule is CCCC/C=C/C=C\C=C\CCCCCCCC(=O)O. The van der Waals surface area contributed by atoms with Crippen LogP contribution in [0, 0.1) is 0 Å². The van der Waals surface area contributed by atoms with E-state index in [1.807, 2.05) is 0 Å². The number of carbonyl (C=O) groups is 1. The molecule has 2 heteroatoms. The summed E-state index contributed by atoms with van der Waals surface area (Å²) in [7, 11) is 0. The zero-order valence-electron chi connectivity index (χ0n) is 12.9. The maximum atomic E-state index is 10.3. The summed E-state index contributed by atoms with van der Waals surface area (Å²) >= 11 is 0. The number of hydrogen-bond acceptors (Lipinski definition) is 1. The first-order chi connectivity index (χ1) is 9.77. The number of carboxylic acids is 1. The third-order valence-electron chi connectivity index (χ3n) is 3.09. The van der Waals surface area contributed by atoms with Gasteiger partial charge >= 0.3 is 5.97 Å². The second kappa shape index (κ2) is 15.7. The van der Waals surface area contributed by atoms with Gasteiger partial charge in [0.1, 0.15) is 0 Å². The van der Waals surface area contributed by atoms with Gasteiger partial charge in [-0.05, 0) is 25.7 Å². The average Bonchev–Trinajstić information content (AvgIpc) is 2.43. The molecule has 0 aromatic carbocycles. The monoisotopic (exact) mass is 278 g/mol. The molecule has 0 aliphatic heterocycles. The van der Waals surface area contributed by atoms with E-state index >= 15 is 0 Å². The van der Waals surface area contributed by atoms with Crippen molar-refractivity contribution in [1.29, 1.82) is 0 Å². The summed E-state index contributed by atoms with van der Waals surface area (Å²) < 4.78 is 0. The van der Waals surface area contributed by atoms with Gasteiger partial charge in [0.25, 0.3) is 0 Å². The molecule has 1 N–H and O–H groups in total. The maximum Gasteiger partial charge on any atom is 0.303 e. The van der Waals surface area contributed by atoms with E-state index in [4.69, 9.17) is 5.11 Å². The maximum absolute atomic E-state index is 10.3. The van der Waals surface area contributed by atoms with Gasteiger partial charge in [-0.1, -0.05) is 75.5 Å². The van der Waals surface area contributed by atoms with Crippen LogP contribution in [0.2, 0.25) is 0 Å². The Morgan fingerprint density at radius 1 is 0.800 bits per heavy atom. The molecule has 0 saturated carbocycles. The van der Waals surface area contributed by atoms with E-state index < -0.39 is 5.97 Å². The van der Waals surface area contributed by atoms with Crippen molar-refractivity contribution >= 4 is 5.97 Å². The van der Waals surface area contributed by atoms with Crippen molar-refractivity contribution in [2.75, 3.05) is 0 Å². The summed E-state index contributed by atoms with van der Waals surface area (Å²) in [4.78, 5) is 10.3. The van der Waals surface area contributed by atoms with E-state index in [1.165, 1.54) is 32.1 Å². The molecule has 0 atom stereocenters. The van der Waals surface area contributed by atoms with E-state index in [9.17, 15) is 4.79 Å². The smallest absolute Gasteiger partial charge is 0.303 e.